The van der Waals surface area contributed by atoms with Gasteiger partial charge in [-0.1, -0.05) is 29.4 Å². The molecule has 0 bridgehead atoms. The van der Waals surface area contributed by atoms with Gasteiger partial charge in [0.2, 0.25) is 11.9 Å². The number of rotatable bonds is 7. The Labute approximate surface area is 202 Å². The molecule has 0 N–H and O–H groups in total. The number of anilines is 2. The van der Waals surface area contributed by atoms with E-state index in [4.69, 9.17) is 16.0 Å². The third kappa shape index (κ3) is 5.14. The largest absolute Gasteiger partial charge is 0.467 e. The van der Waals surface area contributed by atoms with Gasteiger partial charge in [-0.3, -0.25) is 9.36 Å². The predicted octanol–water partition coefficient (Wildman–Crippen LogP) is 3.61. The molecule has 2 aliphatic rings. The third-order valence-corrected chi connectivity index (χ3v) is 7.30. The summed E-state index contributed by atoms with van der Waals surface area (Å²) in [6, 6.07) is 11.7. The minimum absolute atomic E-state index is 0.126. The van der Waals surface area contributed by atoms with Gasteiger partial charge in [0.15, 0.2) is 5.16 Å². The molecule has 5 rings (SSSR count). The molecule has 0 radical (unpaired) electrons. The summed E-state index contributed by atoms with van der Waals surface area (Å²) >= 11 is 7.58. The van der Waals surface area contributed by atoms with Crippen LogP contribution in [0.4, 0.5) is 11.6 Å². The van der Waals surface area contributed by atoms with E-state index in [-0.39, 0.29) is 5.91 Å². The second kappa shape index (κ2) is 10.1. The fourth-order valence-electron chi connectivity index (χ4n) is 4.34. The summed E-state index contributed by atoms with van der Waals surface area (Å²) in [5.41, 5.74) is 1.10. The van der Waals surface area contributed by atoms with Crippen LogP contribution in [0.15, 0.2) is 52.2 Å². The molecule has 0 spiro atoms. The number of benzene rings is 1. The fraction of sp³-hybridized carbons (Fsp3) is 0.435. The normalized spacial score (nSPS) is 16.6. The average Bonchev–Trinajstić information content (AvgIpc) is 3.61. The molecule has 2 aliphatic heterocycles. The molecule has 2 fully saturated rings. The van der Waals surface area contributed by atoms with E-state index in [2.05, 4.69) is 30.6 Å². The maximum absolute atomic E-state index is 12.9. The quantitative estimate of drug-likeness (QED) is 0.472. The van der Waals surface area contributed by atoms with Gasteiger partial charge in [0.25, 0.3) is 0 Å². The summed E-state index contributed by atoms with van der Waals surface area (Å²) < 4.78 is 7.63. The van der Waals surface area contributed by atoms with Crippen LogP contribution in [0.1, 0.15) is 18.6 Å². The Kier molecular flexibility index (Phi) is 6.78. The third-order valence-electron chi connectivity index (χ3n) is 6.11. The Bertz CT molecular complexity index is 1070. The summed E-state index contributed by atoms with van der Waals surface area (Å²) in [6.45, 7) is 5.51. The van der Waals surface area contributed by atoms with Crippen LogP contribution in [0.3, 0.4) is 0 Å². The first kappa shape index (κ1) is 22.2. The minimum Gasteiger partial charge on any atom is -0.467 e. The van der Waals surface area contributed by atoms with Crippen molar-refractivity contribution in [1.82, 2.24) is 19.7 Å². The number of carbonyl (C=O) groups excluding carboxylic acids is 1. The predicted molar refractivity (Wildman–Crippen MR) is 130 cm³/mol. The van der Waals surface area contributed by atoms with Gasteiger partial charge in [-0.15, -0.1) is 10.2 Å². The molecule has 4 heterocycles. The molecule has 33 heavy (non-hydrogen) atoms. The van der Waals surface area contributed by atoms with Crippen LogP contribution in [0, 0.1) is 0 Å². The summed E-state index contributed by atoms with van der Waals surface area (Å²) in [7, 11) is 0. The molecule has 0 aliphatic carbocycles. The van der Waals surface area contributed by atoms with Gasteiger partial charge in [0, 0.05) is 50.0 Å². The monoisotopic (exact) mass is 486 g/mol. The second-order valence-corrected chi connectivity index (χ2v) is 9.66. The van der Waals surface area contributed by atoms with Gasteiger partial charge in [0.05, 0.1) is 18.6 Å². The van der Waals surface area contributed by atoms with Crippen molar-refractivity contribution < 1.29 is 9.21 Å². The number of furan rings is 1. The maximum atomic E-state index is 12.9. The van der Waals surface area contributed by atoms with Crippen molar-refractivity contribution in [1.29, 1.82) is 0 Å². The topological polar surface area (TPSA) is 70.6 Å². The van der Waals surface area contributed by atoms with E-state index in [0.29, 0.717) is 25.4 Å². The number of nitrogens with zero attached hydrogens (tertiary/aromatic N) is 6. The van der Waals surface area contributed by atoms with E-state index in [1.807, 2.05) is 35.2 Å². The molecule has 0 atom stereocenters. The lowest BCUT2D eigenvalue weighted by Gasteiger charge is -2.36. The van der Waals surface area contributed by atoms with E-state index in [1.54, 1.807) is 6.26 Å². The molecule has 0 unspecified atom stereocenters. The van der Waals surface area contributed by atoms with Crippen LogP contribution in [-0.4, -0.2) is 70.6 Å². The number of thioether (sulfide) groups is 1. The molecule has 2 aromatic heterocycles. The molecule has 3 aromatic rings. The highest BCUT2D eigenvalue weighted by Crippen LogP contribution is 2.27. The molecular formula is C23H27ClN6O2S. The number of hydrogen-bond donors (Lipinski definition) is 0. The highest BCUT2D eigenvalue weighted by Gasteiger charge is 2.25. The summed E-state index contributed by atoms with van der Waals surface area (Å²) in [6.07, 6.45) is 4.00. The van der Waals surface area contributed by atoms with E-state index >= 15 is 0 Å². The van der Waals surface area contributed by atoms with Gasteiger partial charge in [-0.25, -0.2) is 0 Å². The molecule has 0 saturated carbocycles. The SMILES string of the molecule is O=C(CSc1nnc(N2CCCC2)n1Cc1ccco1)N1CCN(c2cccc(Cl)c2)CC1. The zero-order valence-corrected chi connectivity index (χ0v) is 20.0. The molecule has 174 valence electrons. The zero-order chi connectivity index (χ0) is 22.6. The van der Waals surface area contributed by atoms with Crippen molar-refractivity contribution in [3.63, 3.8) is 0 Å². The van der Waals surface area contributed by atoms with Crippen LogP contribution >= 0.6 is 23.4 Å². The lowest BCUT2D eigenvalue weighted by Crippen LogP contribution is -2.49. The van der Waals surface area contributed by atoms with Crippen molar-refractivity contribution in [2.24, 2.45) is 0 Å². The number of halogens is 1. The maximum Gasteiger partial charge on any atom is 0.233 e. The first-order valence-electron chi connectivity index (χ1n) is 11.3. The Hall–Kier alpha value is -2.65. The fourth-order valence-corrected chi connectivity index (χ4v) is 5.36. The standard InChI is InChI=1S/C23H27ClN6O2S/c24-18-5-3-6-19(15-18)27-10-12-28(13-11-27)21(31)17-33-23-26-25-22(29-8-1-2-9-29)30(23)16-20-7-4-14-32-20/h3-7,14-15H,1-2,8-13,16-17H2. The van der Waals surface area contributed by atoms with E-state index in [1.165, 1.54) is 11.8 Å². The Balaban J connectivity index is 1.21. The molecule has 10 heteroatoms. The Morgan fingerprint density at radius 3 is 2.55 bits per heavy atom. The first-order valence-corrected chi connectivity index (χ1v) is 12.7. The van der Waals surface area contributed by atoms with E-state index < -0.39 is 0 Å². The van der Waals surface area contributed by atoms with Crippen LogP contribution in [0.5, 0.6) is 0 Å². The molecule has 1 amide bonds. The summed E-state index contributed by atoms with van der Waals surface area (Å²) in [4.78, 5) is 19.4. The van der Waals surface area contributed by atoms with Crippen LogP contribution < -0.4 is 9.80 Å². The van der Waals surface area contributed by atoms with Crippen LogP contribution in [0.2, 0.25) is 5.02 Å². The number of piperazine rings is 1. The zero-order valence-electron chi connectivity index (χ0n) is 18.4. The number of hydrogen-bond acceptors (Lipinski definition) is 7. The van der Waals surface area contributed by atoms with Gasteiger partial charge < -0.3 is 19.1 Å². The number of carbonyl (C=O) groups is 1. The second-order valence-electron chi connectivity index (χ2n) is 8.28. The van der Waals surface area contributed by atoms with Gasteiger partial charge >= 0.3 is 0 Å². The molecular weight excluding hydrogens is 460 g/mol. The van der Waals surface area contributed by atoms with Crippen molar-refractivity contribution in [2.45, 2.75) is 24.5 Å². The molecule has 1 aromatic carbocycles. The lowest BCUT2D eigenvalue weighted by atomic mass is 10.2. The Morgan fingerprint density at radius 2 is 1.82 bits per heavy atom. The van der Waals surface area contributed by atoms with E-state index in [9.17, 15) is 4.79 Å². The summed E-state index contributed by atoms with van der Waals surface area (Å²) in [5.74, 6) is 2.17. The van der Waals surface area contributed by atoms with Crippen LogP contribution in [0.25, 0.3) is 0 Å². The smallest absolute Gasteiger partial charge is 0.233 e. The van der Waals surface area contributed by atoms with Gasteiger partial charge in [-0.05, 0) is 43.2 Å². The highest BCUT2D eigenvalue weighted by molar-refractivity contribution is 7.99. The Morgan fingerprint density at radius 1 is 1.00 bits per heavy atom. The lowest BCUT2D eigenvalue weighted by molar-refractivity contribution is -0.128. The van der Waals surface area contributed by atoms with Crippen LogP contribution in [-0.2, 0) is 11.3 Å². The van der Waals surface area contributed by atoms with E-state index in [0.717, 1.165) is 66.6 Å². The van der Waals surface area contributed by atoms with Crippen molar-refractivity contribution in [3.8, 4) is 0 Å². The summed E-state index contributed by atoms with van der Waals surface area (Å²) in [5, 5.41) is 10.4. The van der Waals surface area contributed by atoms with Crippen molar-refractivity contribution in [3.05, 3.63) is 53.4 Å². The van der Waals surface area contributed by atoms with Gasteiger partial charge in [0.1, 0.15) is 5.76 Å². The van der Waals surface area contributed by atoms with Crippen molar-refractivity contribution in [2.75, 3.05) is 54.8 Å². The molecule has 8 nitrogen and oxygen atoms in total. The first-order chi connectivity index (χ1) is 16.2. The number of aromatic nitrogens is 3. The average molecular weight is 487 g/mol. The van der Waals surface area contributed by atoms with Gasteiger partial charge in [-0.2, -0.15) is 0 Å². The highest BCUT2D eigenvalue weighted by atomic mass is 35.5. The number of amides is 1. The molecule has 2 saturated heterocycles. The minimum atomic E-state index is 0.126. The van der Waals surface area contributed by atoms with Crippen molar-refractivity contribution >= 4 is 40.9 Å².